The highest BCUT2D eigenvalue weighted by molar-refractivity contribution is 6.30. The van der Waals surface area contributed by atoms with Gasteiger partial charge in [-0.25, -0.2) is 4.39 Å². The zero-order chi connectivity index (χ0) is 13.8. The predicted molar refractivity (Wildman–Crippen MR) is 77.7 cm³/mol. The molecule has 1 saturated carbocycles. The minimum Gasteiger partial charge on any atom is -0.328 e. The number of nitrogens with zero attached hydrogens (tertiary/aromatic N) is 1. The van der Waals surface area contributed by atoms with E-state index in [1.165, 1.54) is 6.07 Å². The van der Waals surface area contributed by atoms with Gasteiger partial charge in [-0.3, -0.25) is 4.90 Å². The molecule has 0 aliphatic heterocycles. The van der Waals surface area contributed by atoms with E-state index in [9.17, 15) is 4.39 Å². The van der Waals surface area contributed by atoms with Crippen molar-refractivity contribution in [2.75, 3.05) is 6.54 Å². The lowest BCUT2D eigenvalue weighted by molar-refractivity contribution is 0.148. The molecule has 0 aromatic heterocycles. The summed E-state index contributed by atoms with van der Waals surface area (Å²) in [7, 11) is 0. The van der Waals surface area contributed by atoms with Crippen LogP contribution in [0.2, 0.25) is 5.02 Å². The maximum Gasteiger partial charge on any atom is 0.127 e. The summed E-state index contributed by atoms with van der Waals surface area (Å²) in [5, 5.41) is 0.595. The van der Waals surface area contributed by atoms with Crippen molar-refractivity contribution in [3.8, 4) is 0 Å². The molecule has 2 rings (SSSR count). The van der Waals surface area contributed by atoms with Crippen molar-refractivity contribution in [2.45, 2.75) is 51.2 Å². The summed E-state index contributed by atoms with van der Waals surface area (Å²) in [5.41, 5.74) is 6.62. The fourth-order valence-electron chi connectivity index (χ4n) is 2.85. The predicted octanol–water partition coefficient (Wildman–Crippen LogP) is 3.57. The van der Waals surface area contributed by atoms with Crippen molar-refractivity contribution in [1.29, 1.82) is 0 Å². The van der Waals surface area contributed by atoms with Crippen LogP contribution in [-0.4, -0.2) is 23.5 Å². The smallest absolute Gasteiger partial charge is 0.127 e. The molecule has 2 nitrogen and oxygen atoms in total. The Labute approximate surface area is 119 Å². The topological polar surface area (TPSA) is 29.3 Å². The molecular weight excluding hydrogens is 263 g/mol. The number of hydrogen-bond acceptors (Lipinski definition) is 2. The van der Waals surface area contributed by atoms with E-state index < -0.39 is 0 Å². The number of rotatable bonds is 4. The Bertz CT molecular complexity index is 417. The summed E-state index contributed by atoms with van der Waals surface area (Å²) in [4.78, 5) is 2.33. The van der Waals surface area contributed by atoms with E-state index >= 15 is 0 Å². The van der Waals surface area contributed by atoms with Crippen molar-refractivity contribution < 1.29 is 4.39 Å². The van der Waals surface area contributed by atoms with Gasteiger partial charge in [0.1, 0.15) is 5.82 Å². The first-order chi connectivity index (χ1) is 9.10. The molecule has 2 N–H and O–H groups in total. The van der Waals surface area contributed by atoms with Gasteiger partial charge in [0.25, 0.3) is 0 Å². The van der Waals surface area contributed by atoms with Crippen LogP contribution in [0.15, 0.2) is 18.2 Å². The van der Waals surface area contributed by atoms with Gasteiger partial charge in [0, 0.05) is 29.2 Å². The second kappa shape index (κ2) is 6.69. The molecule has 4 heteroatoms. The molecule has 0 heterocycles. The lowest BCUT2D eigenvalue weighted by atomic mass is 9.90. The molecule has 106 valence electrons. The first-order valence-electron chi connectivity index (χ1n) is 7.03. The van der Waals surface area contributed by atoms with Crippen LogP contribution >= 0.6 is 11.6 Å². The summed E-state index contributed by atoms with van der Waals surface area (Å²) in [5.74, 6) is -0.171. The standard InChI is InChI=1S/C15H22ClFN2/c1-2-19(14-6-4-13(18)5-7-14)10-11-9-12(16)3-8-15(11)17/h3,8-9,13-14H,2,4-7,10,18H2,1H3. The maximum atomic E-state index is 13.8. The quantitative estimate of drug-likeness (QED) is 0.916. The van der Waals surface area contributed by atoms with Crippen LogP contribution in [0.25, 0.3) is 0 Å². The number of hydrogen-bond donors (Lipinski definition) is 1. The minimum absolute atomic E-state index is 0.171. The van der Waals surface area contributed by atoms with E-state index in [0.717, 1.165) is 32.2 Å². The molecule has 19 heavy (non-hydrogen) atoms. The van der Waals surface area contributed by atoms with Gasteiger partial charge in [-0.2, -0.15) is 0 Å². The van der Waals surface area contributed by atoms with Crippen LogP contribution < -0.4 is 5.73 Å². The molecule has 0 radical (unpaired) electrons. The van der Waals surface area contributed by atoms with Gasteiger partial charge >= 0.3 is 0 Å². The number of benzene rings is 1. The summed E-state index contributed by atoms with van der Waals surface area (Å²) in [6.07, 6.45) is 4.35. The fourth-order valence-corrected chi connectivity index (χ4v) is 3.04. The molecule has 1 aromatic rings. The average molecular weight is 285 g/mol. The Morgan fingerprint density at radius 3 is 2.63 bits per heavy atom. The number of halogens is 2. The van der Waals surface area contributed by atoms with Crippen molar-refractivity contribution in [1.82, 2.24) is 4.90 Å². The molecule has 1 aromatic carbocycles. The third kappa shape index (κ3) is 3.91. The van der Waals surface area contributed by atoms with Crippen molar-refractivity contribution in [3.63, 3.8) is 0 Å². The van der Waals surface area contributed by atoms with Crippen molar-refractivity contribution >= 4 is 11.6 Å². The zero-order valence-electron chi connectivity index (χ0n) is 11.4. The molecule has 1 aliphatic rings. The normalized spacial score (nSPS) is 23.8. The second-order valence-corrected chi connectivity index (χ2v) is 5.80. The van der Waals surface area contributed by atoms with Crippen molar-refractivity contribution in [2.24, 2.45) is 5.73 Å². The van der Waals surface area contributed by atoms with Crippen LogP contribution in [0.4, 0.5) is 4.39 Å². The fraction of sp³-hybridized carbons (Fsp3) is 0.600. The highest BCUT2D eigenvalue weighted by Crippen LogP contribution is 2.25. The van der Waals surface area contributed by atoms with Gasteiger partial charge in [0.15, 0.2) is 0 Å². The molecule has 0 spiro atoms. The molecule has 0 bridgehead atoms. The van der Waals surface area contributed by atoms with E-state index in [-0.39, 0.29) is 5.82 Å². The van der Waals surface area contributed by atoms with Crippen LogP contribution in [0, 0.1) is 5.82 Å². The summed E-state index contributed by atoms with van der Waals surface area (Å²) >= 11 is 5.95. The molecule has 0 saturated heterocycles. The van der Waals surface area contributed by atoms with E-state index in [0.29, 0.717) is 29.2 Å². The maximum absolute atomic E-state index is 13.8. The van der Waals surface area contributed by atoms with Crippen LogP contribution in [-0.2, 0) is 6.54 Å². The Morgan fingerprint density at radius 1 is 1.32 bits per heavy atom. The first-order valence-corrected chi connectivity index (χ1v) is 7.41. The van der Waals surface area contributed by atoms with Gasteiger partial charge in [-0.1, -0.05) is 18.5 Å². The van der Waals surface area contributed by atoms with Gasteiger partial charge in [-0.15, -0.1) is 0 Å². The Morgan fingerprint density at radius 2 is 2.00 bits per heavy atom. The van der Waals surface area contributed by atoms with E-state index in [2.05, 4.69) is 11.8 Å². The van der Waals surface area contributed by atoms with Gasteiger partial charge in [0.05, 0.1) is 0 Å². The van der Waals surface area contributed by atoms with Crippen LogP contribution in [0.5, 0.6) is 0 Å². The Balaban J connectivity index is 2.04. The van der Waals surface area contributed by atoms with Gasteiger partial charge in [0.2, 0.25) is 0 Å². The molecule has 1 aliphatic carbocycles. The van der Waals surface area contributed by atoms with E-state index in [1.807, 2.05) is 0 Å². The van der Waals surface area contributed by atoms with Gasteiger partial charge < -0.3 is 5.73 Å². The lowest BCUT2D eigenvalue weighted by Crippen LogP contribution is -2.40. The largest absolute Gasteiger partial charge is 0.328 e. The molecular formula is C15H22ClFN2. The Hall–Kier alpha value is -0.640. The summed E-state index contributed by atoms with van der Waals surface area (Å²) in [6.45, 7) is 3.67. The summed E-state index contributed by atoms with van der Waals surface area (Å²) in [6, 6.07) is 5.63. The number of nitrogens with two attached hydrogens (primary N) is 1. The monoisotopic (exact) mass is 284 g/mol. The molecule has 1 fully saturated rings. The van der Waals surface area contributed by atoms with E-state index in [4.69, 9.17) is 17.3 Å². The second-order valence-electron chi connectivity index (χ2n) is 5.37. The van der Waals surface area contributed by atoms with Crippen molar-refractivity contribution in [3.05, 3.63) is 34.6 Å². The highest BCUT2D eigenvalue weighted by atomic mass is 35.5. The third-order valence-electron chi connectivity index (χ3n) is 4.05. The van der Waals surface area contributed by atoms with Crippen LogP contribution in [0.3, 0.4) is 0 Å². The Kier molecular flexibility index (Phi) is 5.20. The van der Waals surface area contributed by atoms with Crippen LogP contribution in [0.1, 0.15) is 38.2 Å². The molecule has 0 atom stereocenters. The SMILES string of the molecule is CCN(Cc1cc(Cl)ccc1F)C1CCC(N)CC1. The average Bonchev–Trinajstić information content (AvgIpc) is 2.41. The molecule has 0 unspecified atom stereocenters. The zero-order valence-corrected chi connectivity index (χ0v) is 12.2. The summed E-state index contributed by atoms with van der Waals surface area (Å²) < 4.78 is 13.8. The van der Waals surface area contributed by atoms with Gasteiger partial charge in [-0.05, 0) is 50.4 Å². The van der Waals surface area contributed by atoms with E-state index in [1.54, 1.807) is 12.1 Å². The molecule has 0 amide bonds. The minimum atomic E-state index is -0.171. The lowest BCUT2D eigenvalue weighted by Gasteiger charge is -2.35. The highest BCUT2D eigenvalue weighted by Gasteiger charge is 2.23. The first kappa shape index (κ1) is 14.8. The third-order valence-corrected chi connectivity index (χ3v) is 4.28.